The summed E-state index contributed by atoms with van der Waals surface area (Å²) in [5, 5.41) is 8.72. The molecule has 2 aromatic rings. The third kappa shape index (κ3) is 2.88. The van der Waals surface area contributed by atoms with E-state index in [-0.39, 0.29) is 21.8 Å². The number of nitrogen functional groups attached to an aromatic ring is 2. The normalized spacial score (nSPS) is 10.4. The highest BCUT2D eigenvalue weighted by atomic mass is 32.2. The van der Waals surface area contributed by atoms with Crippen LogP contribution in [0.5, 0.6) is 0 Å². The smallest absolute Gasteiger partial charge is 0.338 e. The molecule has 98 valence electrons. The lowest BCUT2D eigenvalue weighted by Gasteiger charge is -2.04. The number of hydrogen-bond donors (Lipinski definition) is 3. The molecule has 0 aliphatic rings. The molecule has 0 aromatic carbocycles. The lowest BCUT2D eigenvalue weighted by Crippen LogP contribution is -2.04. The van der Waals surface area contributed by atoms with Gasteiger partial charge in [0.05, 0.1) is 5.56 Å². The van der Waals surface area contributed by atoms with Gasteiger partial charge in [-0.3, -0.25) is 0 Å². The van der Waals surface area contributed by atoms with Crippen LogP contribution < -0.4 is 11.5 Å². The van der Waals surface area contributed by atoms with E-state index < -0.39 is 17.3 Å². The molecule has 0 saturated heterocycles. The van der Waals surface area contributed by atoms with Gasteiger partial charge >= 0.3 is 5.97 Å². The average molecular weight is 281 g/mol. The van der Waals surface area contributed by atoms with E-state index in [4.69, 9.17) is 16.6 Å². The minimum atomic E-state index is -1.38. The molecular weight excluding hydrogens is 273 g/mol. The first-order valence-electron chi connectivity index (χ1n) is 4.93. The average Bonchev–Trinajstić information content (AvgIpc) is 2.30. The topological polar surface area (TPSA) is 128 Å². The Kier molecular flexibility index (Phi) is 3.47. The number of pyridine rings is 1. The van der Waals surface area contributed by atoms with Crippen molar-refractivity contribution in [3.8, 4) is 0 Å². The van der Waals surface area contributed by atoms with Crippen LogP contribution in [0.2, 0.25) is 0 Å². The van der Waals surface area contributed by atoms with Gasteiger partial charge in [-0.2, -0.15) is 0 Å². The Morgan fingerprint density at radius 2 is 1.95 bits per heavy atom. The molecule has 9 heteroatoms. The molecule has 2 heterocycles. The van der Waals surface area contributed by atoms with Crippen LogP contribution in [0, 0.1) is 5.82 Å². The van der Waals surface area contributed by atoms with E-state index in [0.29, 0.717) is 0 Å². The van der Waals surface area contributed by atoms with Crippen LogP contribution in [0.15, 0.2) is 28.5 Å². The molecule has 2 rings (SSSR count). The zero-order valence-electron chi connectivity index (χ0n) is 9.37. The van der Waals surface area contributed by atoms with Gasteiger partial charge < -0.3 is 16.6 Å². The molecule has 0 aliphatic heterocycles. The van der Waals surface area contributed by atoms with Gasteiger partial charge in [0.2, 0.25) is 0 Å². The van der Waals surface area contributed by atoms with E-state index in [1.165, 1.54) is 12.3 Å². The second-order valence-electron chi connectivity index (χ2n) is 3.39. The molecule has 0 amide bonds. The van der Waals surface area contributed by atoms with Crippen molar-refractivity contribution in [3.05, 3.63) is 29.7 Å². The van der Waals surface area contributed by atoms with E-state index in [0.717, 1.165) is 17.8 Å². The Morgan fingerprint density at radius 3 is 2.53 bits per heavy atom. The first kappa shape index (κ1) is 13.0. The predicted molar refractivity (Wildman–Crippen MR) is 66.1 cm³/mol. The number of carbonyl (C=O) groups is 1. The Bertz CT molecular complexity index is 632. The van der Waals surface area contributed by atoms with Crippen molar-refractivity contribution in [1.29, 1.82) is 0 Å². The van der Waals surface area contributed by atoms with Crippen LogP contribution in [0.3, 0.4) is 0 Å². The highest BCUT2D eigenvalue weighted by Crippen LogP contribution is 2.27. The summed E-state index contributed by atoms with van der Waals surface area (Å²) in [5.41, 5.74) is 10.5. The second-order valence-corrected chi connectivity index (χ2v) is 4.34. The zero-order chi connectivity index (χ0) is 14.0. The third-order valence-corrected chi connectivity index (χ3v) is 2.86. The molecule has 0 spiro atoms. The number of aromatic carboxylic acids is 1. The van der Waals surface area contributed by atoms with Crippen molar-refractivity contribution in [2.24, 2.45) is 0 Å². The quantitative estimate of drug-likeness (QED) is 0.711. The molecule has 0 saturated carbocycles. The molecular formula is C10H8FN5O2S. The van der Waals surface area contributed by atoms with Gasteiger partial charge in [-0.1, -0.05) is 0 Å². The second kappa shape index (κ2) is 5.06. The molecule has 0 radical (unpaired) electrons. The van der Waals surface area contributed by atoms with Crippen molar-refractivity contribution in [2.45, 2.75) is 10.2 Å². The molecule has 0 unspecified atom stereocenters. The first-order valence-corrected chi connectivity index (χ1v) is 5.74. The number of rotatable bonds is 3. The van der Waals surface area contributed by atoms with E-state index in [1.54, 1.807) is 0 Å². The van der Waals surface area contributed by atoms with E-state index in [2.05, 4.69) is 15.0 Å². The Morgan fingerprint density at radius 1 is 1.32 bits per heavy atom. The van der Waals surface area contributed by atoms with Crippen molar-refractivity contribution < 1.29 is 14.3 Å². The summed E-state index contributed by atoms with van der Waals surface area (Å²) in [7, 11) is 0. The standard InChI is InChI=1S/C10H8FN5O2S/c11-7-4(9(17)18)1-2-14-8(7)19-10-15-5(12)3-6(13)16-10/h1-3H,(H,17,18)(H4,12,13,15,16). The summed E-state index contributed by atoms with van der Waals surface area (Å²) >= 11 is 0.742. The van der Waals surface area contributed by atoms with Crippen LogP contribution >= 0.6 is 11.8 Å². The summed E-state index contributed by atoms with van der Waals surface area (Å²) in [6.45, 7) is 0. The number of aromatic nitrogens is 3. The predicted octanol–water partition coefficient (Wildman–Crippen LogP) is 1.02. The van der Waals surface area contributed by atoms with E-state index >= 15 is 0 Å². The van der Waals surface area contributed by atoms with Crippen LogP contribution in [-0.2, 0) is 0 Å². The van der Waals surface area contributed by atoms with Gasteiger partial charge in [0.25, 0.3) is 0 Å². The number of halogens is 1. The minimum Gasteiger partial charge on any atom is -0.478 e. The van der Waals surface area contributed by atoms with Gasteiger partial charge in [0, 0.05) is 12.3 Å². The summed E-state index contributed by atoms with van der Waals surface area (Å²) in [4.78, 5) is 22.2. The van der Waals surface area contributed by atoms with Gasteiger partial charge in [0.15, 0.2) is 11.0 Å². The lowest BCUT2D eigenvalue weighted by molar-refractivity contribution is 0.0691. The largest absolute Gasteiger partial charge is 0.478 e. The van der Waals surface area contributed by atoms with Gasteiger partial charge in [-0.15, -0.1) is 0 Å². The maximum absolute atomic E-state index is 13.8. The maximum Gasteiger partial charge on any atom is 0.338 e. The minimum absolute atomic E-state index is 0.0893. The zero-order valence-corrected chi connectivity index (χ0v) is 10.2. The number of anilines is 2. The molecule has 0 fully saturated rings. The van der Waals surface area contributed by atoms with E-state index in [9.17, 15) is 9.18 Å². The highest BCUT2D eigenvalue weighted by Gasteiger charge is 2.17. The fourth-order valence-corrected chi connectivity index (χ4v) is 2.04. The number of carboxylic acids is 1. The van der Waals surface area contributed by atoms with Crippen LogP contribution in [0.4, 0.5) is 16.0 Å². The van der Waals surface area contributed by atoms with Crippen molar-refractivity contribution in [1.82, 2.24) is 15.0 Å². The Labute approximate surface area is 110 Å². The summed E-state index contributed by atoms with van der Waals surface area (Å²) in [5.74, 6) is -2.08. The van der Waals surface area contributed by atoms with Crippen LogP contribution in [-0.4, -0.2) is 26.0 Å². The van der Waals surface area contributed by atoms with Crippen molar-refractivity contribution in [2.75, 3.05) is 11.5 Å². The molecule has 0 aliphatic carbocycles. The molecule has 5 N–H and O–H groups in total. The molecule has 7 nitrogen and oxygen atoms in total. The Hall–Kier alpha value is -2.42. The Balaban J connectivity index is 2.38. The van der Waals surface area contributed by atoms with E-state index in [1.807, 2.05) is 0 Å². The lowest BCUT2D eigenvalue weighted by atomic mass is 10.3. The summed E-state index contributed by atoms with van der Waals surface area (Å²) in [6, 6.07) is 2.41. The first-order chi connectivity index (χ1) is 8.97. The molecule has 2 aromatic heterocycles. The fraction of sp³-hybridized carbons (Fsp3) is 0. The summed E-state index contributed by atoms with van der Waals surface area (Å²) < 4.78 is 13.8. The maximum atomic E-state index is 13.8. The molecule has 0 bridgehead atoms. The number of carboxylic acid groups (broad SMARTS) is 1. The van der Waals surface area contributed by atoms with Gasteiger partial charge in [0.1, 0.15) is 16.7 Å². The van der Waals surface area contributed by atoms with Gasteiger partial charge in [-0.25, -0.2) is 24.1 Å². The molecule has 19 heavy (non-hydrogen) atoms. The number of hydrogen-bond acceptors (Lipinski definition) is 7. The monoisotopic (exact) mass is 281 g/mol. The third-order valence-electron chi connectivity index (χ3n) is 2.02. The van der Waals surface area contributed by atoms with Crippen molar-refractivity contribution >= 4 is 29.4 Å². The summed E-state index contributed by atoms with van der Waals surface area (Å²) in [6.07, 6.45) is 1.19. The fourth-order valence-electron chi connectivity index (χ4n) is 1.25. The highest BCUT2D eigenvalue weighted by molar-refractivity contribution is 7.99. The SMILES string of the molecule is Nc1cc(N)nc(Sc2nccc(C(=O)O)c2F)n1. The van der Waals surface area contributed by atoms with Gasteiger partial charge in [-0.05, 0) is 17.8 Å². The molecule has 0 atom stereocenters. The van der Waals surface area contributed by atoms with Crippen LogP contribution in [0.1, 0.15) is 10.4 Å². The van der Waals surface area contributed by atoms with Crippen molar-refractivity contribution in [3.63, 3.8) is 0 Å². The van der Waals surface area contributed by atoms with Crippen LogP contribution in [0.25, 0.3) is 0 Å². The number of nitrogens with two attached hydrogens (primary N) is 2. The number of nitrogens with zero attached hydrogens (tertiary/aromatic N) is 3.